The quantitative estimate of drug-likeness (QED) is 0.893. The van der Waals surface area contributed by atoms with Crippen LogP contribution >= 0.6 is 0 Å². The highest BCUT2D eigenvalue weighted by molar-refractivity contribution is 5.83. The van der Waals surface area contributed by atoms with Gasteiger partial charge in [0.15, 0.2) is 0 Å². The summed E-state index contributed by atoms with van der Waals surface area (Å²) in [7, 11) is 1.82. The summed E-state index contributed by atoms with van der Waals surface area (Å²) in [5.74, 6) is 1.81. The van der Waals surface area contributed by atoms with E-state index in [1.807, 2.05) is 33.0 Å². The zero-order valence-electron chi connectivity index (χ0n) is 11.4. The maximum atomic E-state index is 12.5. The second-order valence-electron chi connectivity index (χ2n) is 5.59. The van der Waals surface area contributed by atoms with Crippen molar-refractivity contribution in [2.75, 3.05) is 7.05 Å². The van der Waals surface area contributed by atoms with E-state index < -0.39 is 5.41 Å². The Morgan fingerprint density at radius 3 is 2.83 bits per heavy atom. The molecule has 1 heterocycles. The average Bonchev–Trinajstić information content (AvgIpc) is 2.86. The molecule has 1 aliphatic carbocycles. The Bertz CT molecular complexity index is 441. The molecule has 1 aliphatic rings. The van der Waals surface area contributed by atoms with Gasteiger partial charge >= 0.3 is 0 Å². The van der Waals surface area contributed by atoms with Crippen LogP contribution in [0.5, 0.6) is 0 Å². The van der Waals surface area contributed by atoms with Crippen LogP contribution in [0.3, 0.4) is 0 Å². The summed E-state index contributed by atoms with van der Waals surface area (Å²) in [6.45, 7) is 4.39. The van der Waals surface area contributed by atoms with Crippen LogP contribution in [-0.2, 0) is 11.3 Å². The van der Waals surface area contributed by atoms with Crippen LogP contribution in [0.25, 0.3) is 0 Å². The van der Waals surface area contributed by atoms with Gasteiger partial charge in [-0.15, -0.1) is 0 Å². The fraction of sp³-hybridized carbons (Fsp3) is 0.643. The monoisotopic (exact) mass is 250 g/mol. The van der Waals surface area contributed by atoms with E-state index in [1.54, 1.807) is 4.90 Å². The van der Waals surface area contributed by atoms with Gasteiger partial charge in [0.2, 0.25) is 5.91 Å². The lowest BCUT2D eigenvalue weighted by atomic mass is 9.83. The van der Waals surface area contributed by atoms with Crippen molar-refractivity contribution in [2.45, 2.75) is 45.7 Å². The van der Waals surface area contributed by atoms with Crippen molar-refractivity contribution in [1.29, 1.82) is 0 Å². The van der Waals surface area contributed by atoms with Gasteiger partial charge in [0.05, 0.1) is 12.0 Å². The van der Waals surface area contributed by atoms with Gasteiger partial charge < -0.3 is 15.1 Å². The zero-order chi connectivity index (χ0) is 13.3. The Morgan fingerprint density at radius 2 is 2.33 bits per heavy atom. The van der Waals surface area contributed by atoms with Crippen molar-refractivity contribution < 1.29 is 9.21 Å². The predicted molar refractivity (Wildman–Crippen MR) is 69.9 cm³/mol. The van der Waals surface area contributed by atoms with Crippen LogP contribution in [0.1, 0.15) is 37.7 Å². The highest BCUT2D eigenvalue weighted by Gasteiger charge is 2.44. The second-order valence-corrected chi connectivity index (χ2v) is 5.59. The van der Waals surface area contributed by atoms with Gasteiger partial charge in [0, 0.05) is 13.1 Å². The van der Waals surface area contributed by atoms with E-state index in [0.717, 1.165) is 30.8 Å². The highest BCUT2D eigenvalue weighted by atomic mass is 16.3. The molecule has 0 aromatic carbocycles. The number of nitrogens with two attached hydrogens (primary N) is 1. The Labute approximate surface area is 108 Å². The van der Waals surface area contributed by atoms with E-state index in [4.69, 9.17) is 10.2 Å². The van der Waals surface area contributed by atoms with Gasteiger partial charge in [0.1, 0.15) is 11.5 Å². The summed E-state index contributed by atoms with van der Waals surface area (Å²) in [5, 5.41) is 0. The first-order valence-corrected chi connectivity index (χ1v) is 6.50. The van der Waals surface area contributed by atoms with Crippen molar-refractivity contribution >= 4 is 5.91 Å². The molecular formula is C14H22N2O2. The molecule has 2 atom stereocenters. The van der Waals surface area contributed by atoms with Crippen LogP contribution in [0, 0.1) is 12.3 Å². The maximum Gasteiger partial charge on any atom is 0.230 e. The van der Waals surface area contributed by atoms with Crippen molar-refractivity contribution in [2.24, 2.45) is 11.1 Å². The fourth-order valence-corrected chi connectivity index (χ4v) is 2.77. The number of carbonyl (C=O) groups is 1. The topological polar surface area (TPSA) is 59.5 Å². The zero-order valence-corrected chi connectivity index (χ0v) is 11.4. The van der Waals surface area contributed by atoms with Crippen molar-refractivity contribution in [3.8, 4) is 0 Å². The van der Waals surface area contributed by atoms with Gasteiger partial charge in [-0.1, -0.05) is 6.42 Å². The number of aryl methyl sites for hydroxylation is 1. The van der Waals surface area contributed by atoms with Gasteiger partial charge in [-0.3, -0.25) is 4.79 Å². The summed E-state index contributed by atoms with van der Waals surface area (Å²) in [6.07, 6.45) is 2.86. The largest absolute Gasteiger partial charge is 0.464 e. The summed E-state index contributed by atoms with van der Waals surface area (Å²) in [6, 6.07) is 3.80. The number of nitrogens with zero attached hydrogens (tertiary/aromatic N) is 1. The van der Waals surface area contributed by atoms with E-state index >= 15 is 0 Å². The van der Waals surface area contributed by atoms with E-state index in [1.165, 1.54) is 0 Å². The minimum absolute atomic E-state index is 0.0224. The van der Waals surface area contributed by atoms with E-state index in [0.29, 0.717) is 6.54 Å². The third-order valence-corrected chi connectivity index (χ3v) is 4.05. The minimum atomic E-state index is -0.406. The Morgan fingerprint density at radius 1 is 1.61 bits per heavy atom. The minimum Gasteiger partial charge on any atom is -0.464 e. The SMILES string of the molecule is Cc1ccc(CN(C)C(=O)C2(C)CCCC2N)o1. The van der Waals surface area contributed by atoms with E-state index in [-0.39, 0.29) is 11.9 Å². The van der Waals surface area contributed by atoms with Crippen LogP contribution < -0.4 is 5.73 Å². The van der Waals surface area contributed by atoms with Crippen LogP contribution in [0.15, 0.2) is 16.5 Å². The summed E-state index contributed by atoms with van der Waals surface area (Å²) in [4.78, 5) is 14.2. The molecule has 2 N–H and O–H groups in total. The molecule has 4 heteroatoms. The third-order valence-electron chi connectivity index (χ3n) is 4.05. The van der Waals surface area contributed by atoms with Crippen LogP contribution in [0.4, 0.5) is 0 Å². The molecule has 1 fully saturated rings. The molecule has 18 heavy (non-hydrogen) atoms. The summed E-state index contributed by atoms with van der Waals surface area (Å²) < 4.78 is 5.50. The molecule has 0 aliphatic heterocycles. The number of hydrogen-bond donors (Lipinski definition) is 1. The van der Waals surface area contributed by atoms with E-state index in [9.17, 15) is 4.79 Å². The van der Waals surface area contributed by atoms with Gasteiger partial charge in [-0.2, -0.15) is 0 Å². The Kier molecular flexibility index (Phi) is 3.48. The third kappa shape index (κ3) is 2.29. The van der Waals surface area contributed by atoms with Crippen molar-refractivity contribution in [1.82, 2.24) is 4.90 Å². The smallest absolute Gasteiger partial charge is 0.230 e. The normalized spacial score (nSPS) is 27.4. The first-order chi connectivity index (χ1) is 8.43. The molecule has 0 radical (unpaired) electrons. The van der Waals surface area contributed by atoms with Crippen LogP contribution in [-0.4, -0.2) is 23.9 Å². The molecule has 4 nitrogen and oxygen atoms in total. The summed E-state index contributed by atoms with van der Waals surface area (Å²) >= 11 is 0. The maximum absolute atomic E-state index is 12.5. The number of rotatable bonds is 3. The average molecular weight is 250 g/mol. The van der Waals surface area contributed by atoms with Gasteiger partial charge in [-0.05, 0) is 38.8 Å². The molecule has 0 spiro atoms. The van der Waals surface area contributed by atoms with Gasteiger partial charge in [-0.25, -0.2) is 0 Å². The first kappa shape index (κ1) is 13.1. The Hall–Kier alpha value is -1.29. The lowest BCUT2D eigenvalue weighted by Gasteiger charge is -2.32. The molecule has 100 valence electrons. The number of carbonyl (C=O) groups excluding carboxylic acids is 1. The lowest BCUT2D eigenvalue weighted by Crippen LogP contribution is -2.47. The van der Waals surface area contributed by atoms with Gasteiger partial charge in [0.25, 0.3) is 0 Å². The predicted octanol–water partition coefficient (Wildman–Crippen LogP) is 2.06. The highest BCUT2D eigenvalue weighted by Crippen LogP contribution is 2.38. The van der Waals surface area contributed by atoms with Crippen LogP contribution in [0.2, 0.25) is 0 Å². The standard InChI is InChI=1S/C14H22N2O2/c1-10-6-7-11(18-10)9-16(3)13(17)14(2)8-4-5-12(14)15/h6-7,12H,4-5,8-9,15H2,1-3H3. The molecule has 1 amide bonds. The number of hydrogen-bond acceptors (Lipinski definition) is 3. The second kappa shape index (κ2) is 4.76. The molecular weight excluding hydrogens is 228 g/mol. The fourth-order valence-electron chi connectivity index (χ4n) is 2.77. The molecule has 2 unspecified atom stereocenters. The Balaban J connectivity index is 2.05. The number of furan rings is 1. The molecule has 1 aromatic rings. The molecule has 0 bridgehead atoms. The molecule has 1 aromatic heterocycles. The van der Waals surface area contributed by atoms with E-state index in [2.05, 4.69) is 0 Å². The summed E-state index contributed by atoms with van der Waals surface area (Å²) in [5.41, 5.74) is 5.67. The first-order valence-electron chi connectivity index (χ1n) is 6.50. The molecule has 2 rings (SSSR count). The van der Waals surface area contributed by atoms with Crippen molar-refractivity contribution in [3.63, 3.8) is 0 Å². The number of amides is 1. The molecule has 0 saturated heterocycles. The molecule has 1 saturated carbocycles. The lowest BCUT2D eigenvalue weighted by molar-refractivity contribution is -0.141. The van der Waals surface area contributed by atoms with Crippen molar-refractivity contribution in [3.05, 3.63) is 23.7 Å².